The minimum atomic E-state index is -0.421. The lowest BCUT2D eigenvalue weighted by molar-refractivity contribution is -0.112. The highest BCUT2D eigenvalue weighted by molar-refractivity contribution is 9.10. The van der Waals surface area contributed by atoms with E-state index in [0.29, 0.717) is 21.9 Å². The molecular formula is C17H14BrN3O5. The molecule has 1 aromatic carbocycles. The Balaban J connectivity index is 1.65. The predicted molar refractivity (Wildman–Crippen MR) is 96.9 cm³/mol. The number of hydrogen-bond acceptors (Lipinski definition) is 7. The van der Waals surface area contributed by atoms with Crippen molar-refractivity contribution in [3.05, 3.63) is 46.6 Å². The zero-order valence-electron chi connectivity index (χ0n) is 13.9. The Morgan fingerprint density at radius 3 is 2.62 bits per heavy atom. The van der Waals surface area contributed by atoms with E-state index < -0.39 is 5.91 Å². The lowest BCUT2D eigenvalue weighted by Crippen LogP contribution is -2.07. The van der Waals surface area contributed by atoms with E-state index in [1.165, 1.54) is 6.08 Å². The van der Waals surface area contributed by atoms with E-state index in [2.05, 4.69) is 31.4 Å². The summed E-state index contributed by atoms with van der Waals surface area (Å²) in [5, 5.41) is 10.0. The van der Waals surface area contributed by atoms with Crippen molar-refractivity contribution in [1.82, 2.24) is 10.2 Å². The van der Waals surface area contributed by atoms with Crippen molar-refractivity contribution in [1.29, 1.82) is 0 Å². The minimum absolute atomic E-state index is 0.0329. The van der Waals surface area contributed by atoms with E-state index in [-0.39, 0.29) is 11.9 Å². The molecule has 0 bridgehead atoms. The van der Waals surface area contributed by atoms with Crippen LogP contribution in [-0.4, -0.2) is 30.3 Å². The first kappa shape index (κ1) is 17.7. The summed E-state index contributed by atoms with van der Waals surface area (Å²) in [5.41, 5.74) is 0.768. The highest BCUT2D eigenvalue weighted by atomic mass is 79.9. The third-order valence-corrected chi connectivity index (χ3v) is 3.70. The van der Waals surface area contributed by atoms with E-state index in [1.54, 1.807) is 50.6 Å². The summed E-state index contributed by atoms with van der Waals surface area (Å²) in [5.74, 6) is 1.31. The highest BCUT2D eigenvalue weighted by Gasteiger charge is 2.13. The van der Waals surface area contributed by atoms with Gasteiger partial charge in [-0.05, 0) is 51.8 Å². The topological polar surface area (TPSA) is 99.6 Å². The van der Waals surface area contributed by atoms with Crippen LogP contribution in [0, 0.1) is 0 Å². The fourth-order valence-electron chi connectivity index (χ4n) is 2.08. The molecule has 1 N–H and O–H groups in total. The van der Waals surface area contributed by atoms with Crippen molar-refractivity contribution in [2.75, 3.05) is 19.5 Å². The number of methoxy groups -OCH3 is 2. The van der Waals surface area contributed by atoms with Crippen molar-refractivity contribution < 1.29 is 23.1 Å². The first-order chi connectivity index (χ1) is 12.6. The van der Waals surface area contributed by atoms with Gasteiger partial charge in [-0.3, -0.25) is 10.1 Å². The number of rotatable bonds is 6. The molecule has 0 saturated carbocycles. The van der Waals surface area contributed by atoms with Crippen molar-refractivity contribution in [2.24, 2.45) is 0 Å². The van der Waals surface area contributed by atoms with Crippen molar-refractivity contribution in [2.45, 2.75) is 0 Å². The van der Waals surface area contributed by atoms with Gasteiger partial charge in [0.1, 0.15) is 0 Å². The van der Waals surface area contributed by atoms with E-state index >= 15 is 0 Å². The molecule has 1 amide bonds. The smallest absolute Gasteiger partial charge is 0.322 e. The molecule has 0 spiro atoms. The maximum absolute atomic E-state index is 12.0. The molecule has 9 heteroatoms. The number of halogens is 1. The van der Waals surface area contributed by atoms with Crippen LogP contribution in [0.4, 0.5) is 6.01 Å². The second-order valence-electron chi connectivity index (χ2n) is 4.95. The summed E-state index contributed by atoms with van der Waals surface area (Å²) in [6.07, 6.45) is 2.97. The molecule has 134 valence electrons. The Morgan fingerprint density at radius 2 is 1.92 bits per heavy atom. The van der Waals surface area contributed by atoms with Gasteiger partial charge < -0.3 is 18.3 Å². The van der Waals surface area contributed by atoms with Crippen LogP contribution in [0.5, 0.6) is 11.5 Å². The predicted octanol–water partition coefficient (Wildman–Crippen LogP) is 3.76. The van der Waals surface area contributed by atoms with Gasteiger partial charge in [0, 0.05) is 6.08 Å². The molecule has 3 aromatic rings. The summed E-state index contributed by atoms with van der Waals surface area (Å²) in [4.78, 5) is 12.0. The maximum Gasteiger partial charge on any atom is 0.322 e. The quantitative estimate of drug-likeness (QED) is 0.606. The van der Waals surface area contributed by atoms with Gasteiger partial charge in [-0.1, -0.05) is 11.2 Å². The number of nitrogens with one attached hydrogen (secondary N) is 1. The monoisotopic (exact) mass is 419 g/mol. The van der Waals surface area contributed by atoms with Crippen molar-refractivity contribution in [3.63, 3.8) is 0 Å². The molecule has 2 heterocycles. The number of carbonyl (C=O) groups is 1. The van der Waals surface area contributed by atoms with Gasteiger partial charge >= 0.3 is 6.01 Å². The van der Waals surface area contributed by atoms with Crippen LogP contribution in [0.1, 0.15) is 5.56 Å². The van der Waals surface area contributed by atoms with E-state index in [0.717, 1.165) is 5.56 Å². The average molecular weight is 420 g/mol. The van der Waals surface area contributed by atoms with Gasteiger partial charge in [0.2, 0.25) is 0 Å². The van der Waals surface area contributed by atoms with Crippen LogP contribution in [0.2, 0.25) is 0 Å². The molecule has 0 aliphatic heterocycles. The van der Waals surface area contributed by atoms with Crippen LogP contribution >= 0.6 is 15.9 Å². The first-order valence-electron chi connectivity index (χ1n) is 7.39. The number of aromatic nitrogens is 2. The second kappa shape index (κ2) is 7.87. The molecule has 26 heavy (non-hydrogen) atoms. The zero-order chi connectivity index (χ0) is 18.5. The minimum Gasteiger partial charge on any atom is -0.493 e. The lowest BCUT2D eigenvalue weighted by Gasteiger charge is -2.07. The summed E-state index contributed by atoms with van der Waals surface area (Å²) in [6.45, 7) is 0. The number of furan rings is 1. The summed E-state index contributed by atoms with van der Waals surface area (Å²) in [6, 6.07) is 8.63. The fraction of sp³-hybridized carbons (Fsp3) is 0.118. The highest BCUT2D eigenvalue weighted by Crippen LogP contribution is 2.28. The number of nitrogens with zero attached hydrogens (tertiary/aromatic N) is 2. The van der Waals surface area contributed by atoms with Crippen molar-refractivity contribution >= 4 is 33.9 Å². The molecule has 3 rings (SSSR count). The normalized spacial score (nSPS) is 10.9. The summed E-state index contributed by atoms with van der Waals surface area (Å²) < 4.78 is 21.6. The number of amides is 1. The van der Waals surface area contributed by atoms with Gasteiger partial charge in [0.25, 0.3) is 11.8 Å². The Kier molecular flexibility index (Phi) is 5.37. The Bertz CT molecular complexity index is 948. The van der Waals surface area contributed by atoms with Gasteiger partial charge in [0.15, 0.2) is 21.9 Å². The first-order valence-corrected chi connectivity index (χ1v) is 8.18. The molecule has 0 aliphatic rings. The molecule has 0 saturated heterocycles. The van der Waals surface area contributed by atoms with Gasteiger partial charge in [0.05, 0.1) is 14.2 Å². The molecule has 0 atom stereocenters. The molecule has 0 radical (unpaired) electrons. The van der Waals surface area contributed by atoms with Crippen LogP contribution in [0.25, 0.3) is 17.7 Å². The standard InChI is InChI=1S/C17H14BrN3O5/c1-23-11-5-3-10(9-13(11)24-2)4-8-15(22)19-17-21-20-16(26-17)12-6-7-14(18)25-12/h3-9H,1-2H3,(H,19,21,22)/b8-4+. The van der Waals surface area contributed by atoms with Gasteiger partial charge in [-0.25, -0.2) is 0 Å². The molecule has 0 aliphatic carbocycles. The number of anilines is 1. The second-order valence-corrected chi connectivity index (χ2v) is 5.73. The van der Waals surface area contributed by atoms with Crippen molar-refractivity contribution in [3.8, 4) is 23.1 Å². The van der Waals surface area contributed by atoms with Gasteiger partial charge in [-0.2, -0.15) is 0 Å². The summed E-state index contributed by atoms with van der Waals surface area (Å²) in [7, 11) is 3.10. The van der Waals surface area contributed by atoms with E-state index in [9.17, 15) is 4.79 Å². The largest absolute Gasteiger partial charge is 0.493 e. The number of hydrogen-bond donors (Lipinski definition) is 1. The average Bonchev–Trinajstić information content (AvgIpc) is 3.28. The third-order valence-electron chi connectivity index (χ3n) is 3.27. The zero-order valence-corrected chi connectivity index (χ0v) is 15.4. The van der Waals surface area contributed by atoms with Crippen LogP contribution in [-0.2, 0) is 4.79 Å². The SMILES string of the molecule is COc1ccc(/C=C/C(=O)Nc2nnc(-c3ccc(Br)o3)o2)cc1OC. The molecule has 8 nitrogen and oxygen atoms in total. The number of benzene rings is 1. The number of ether oxygens (including phenoxy) is 2. The Hall–Kier alpha value is -3.07. The molecule has 0 unspecified atom stereocenters. The number of carbonyl (C=O) groups excluding carboxylic acids is 1. The van der Waals surface area contributed by atoms with E-state index in [1.807, 2.05) is 0 Å². The van der Waals surface area contributed by atoms with E-state index in [4.69, 9.17) is 18.3 Å². The molecule has 2 aromatic heterocycles. The van der Waals surface area contributed by atoms with Crippen LogP contribution < -0.4 is 14.8 Å². The molecular weight excluding hydrogens is 406 g/mol. The lowest BCUT2D eigenvalue weighted by atomic mass is 10.2. The van der Waals surface area contributed by atoms with Gasteiger partial charge in [-0.15, -0.1) is 5.10 Å². The Morgan fingerprint density at radius 1 is 1.12 bits per heavy atom. The van der Waals surface area contributed by atoms with Crippen LogP contribution in [0.15, 0.2) is 49.9 Å². The third kappa shape index (κ3) is 4.12. The molecule has 0 fully saturated rings. The van der Waals surface area contributed by atoms with Crippen LogP contribution in [0.3, 0.4) is 0 Å². The summed E-state index contributed by atoms with van der Waals surface area (Å²) >= 11 is 3.19. The Labute approximate surface area is 156 Å². The fourth-order valence-corrected chi connectivity index (χ4v) is 2.38. The maximum atomic E-state index is 12.0.